The number of nitrogens with zero attached hydrogens (tertiary/aromatic N) is 1. The molecule has 2 N–H and O–H groups in total. The van der Waals surface area contributed by atoms with E-state index in [1.807, 2.05) is 30.3 Å². The van der Waals surface area contributed by atoms with Gasteiger partial charge in [0.15, 0.2) is 0 Å². The normalized spacial score (nSPS) is 11.7. The summed E-state index contributed by atoms with van der Waals surface area (Å²) in [5, 5.41) is 2.66. The van der Waals surface area contributed by atoms with Crippen molar-refractivity contribution < 1.29 is 27.3 Å². The Bertz CT molecular complexity index is 688. The number of rotatable bonds is 8. The van der Waals surface area contributed by atoms with E-state index in [-0.39, 0.29) is 19.6 Å². The highest BCUT2D eigenvalue weighted by molar-refractivity contribution is 7.85. The minimum Gasteiger partial charge on any atom is -0.445 e. The Morgan fingerprint density at radius 1 is 1.24 bits per heavy atom. The summed E-state index contributed by atoms with van der Waals surface area (Å²) in [6, 6.07) is 9.21. The van der Waals surface area contributed by atoms with Crippen LogP contribution in [0.4, 0.5) is 4.79 Å². The van der Waals surface area contributed by atoms with E-state index in [0.717, 1.165) is 5.56 Å². The van der Waals surface area contributed by atoms with Gasteiger partial charge in [0.25, 0.3) is 10.1 Å². The maximum Gasteiger partial charge on any atom is 0.407 e. The van der Waals surface area contributed by atoms with E-state index in [0.29, 0.717) is 0 Å². The van der Waals surface area contributed by atoms with Crippen LogP contribution in [0, 0.1) is 0 Å². The number of alkyl carbamates (subject to hydrolysis) is 1. The van der Waals surface area contributed by atoms with Crippen molar-refractivity contribution in [1.29, 1.82) is 0 Å². The lowest BCUT2D eigenvalue weighted by molar-refractivity contribution is -0.130. The first kappa shape index (κ1) is 20.9. The number of carbonyl (C=O) groups excluding carboxylic acids is 2. The minimum atomic E-state index is -4.19. The summed E-state index contributed by atoms with van der Waals surface area (Å²) in [7, 11) is -2.70. The monoisotopic (exact) mass is 372 g/mol. The van der Waals surface area contributed by atoms with Gasteiger partial charge in [-0.15, -0.1) is 0 Å². The second kappa shape index (κ2) is 8.82. The van der Waals surface area contributed by atoms with Crippen molar-refractivity contribution in [3.63, 3.8) is 0 Å². The molecule has 0 bridgehead atoms. The molecule has 1 aromatic rings. The van der Waals surface area contributed by atoms with Crippen LogP contribution < -0.4 is 5.32 Å². The fourth-order valence-electron chi connectivity index (χ4n) is 2.16. The van der Waals surface area contributed by atoms with Crippen molar-refractivity contribution in [1.82, 2.24) is 10.2 Å². The van der Waals surface area contributed by atoms with Crippen LogP contribution in [0.25, 0.3) is 0 Å². The Morgan fingerprint density at radius 3 is 2.40 bits per heavy atom. The lowest BCUT2D eigenvalue weighted by atomic mass is 10.1. The maximum absolute atomic E-state index is 11.9. The van der Waals surface area contributed by atoms with Gasteiger partial charge in [-0.1, -0.05) is 30.3 Å². The first-order valence-corrected chi connectivity index (χ1v) is 9.27. The molecule has 0 aliphatic rings. The molecule has 0 fully saturated rings. The lowest BCUT2D eigenvalue weighted by Gasteiger charge is -2.31. The average molecular weight is 372 g/mol. The Kier molecular flexibility index (Phi) is 7.38. The van der Waals surface area contributed by atoms with Gasteiger partial charge >= 0.3 is 6.09 Å². The topological polar surface area (TPSA) is 113 Å². The molecule has 9 heteroatoms. The van der Waals surface area contributed by atoms with E-state index in [4.69, 9.17) is 9.29 Å². The molecule has 1 rings (SSSR count). The van der Waals surface area contributed by atoms with Crippen molar-refractivity contribution in [2.75, 3.05) is 19.3 Å². The first-order valence-electron chi connectivity index (χ1n) is 7.66. The van der Waals surface area contributed by atoms with Gasteiger partial charge in [-0.2, -0.15) is 8.42 Å². The van der Waals surface area contributed by atoms with Crippen LogP contribution in [0.3, 0.4) is 0 Å². The van der Waals surface area contributed by atoms with Gasteiger partial charge in [0, 0.05) is 20.0 Å². The first-order chi connectivity index (χ1) is 11.5. The molecular formula is C16H24N2O6S. The quantitative estimate of drug-likeness (QED) is 0.668. The zero-order chi connectivity index (χ0) is 19.1. The van der Waals surface area contributed by atoms with Crippen molar-refractivity contribution in [3.05, 3.63) is 35.9 Å². The molecular weight excluding hydrogens is 348 g/mol. The average Bonchev–Trinajstić information content (AvgIpc) is 2.50. The Morgan fingerprint density at radius 2 is 1.84 bits per heavy atom. The van der Waals surface area contributed by atoms with Gasteiger partial charge < -0.3 is 15.0 Å². The molecule has 0 saturated heterocycles. The van der Waals surface area contributed by atoms with Crippen molar-refractivity contribution >= 4 is 22.1 Å². The second-order valence-corrected chi connectivity index (χ2v) is 7.93. The molecule has 25 heavy (non-hydrogen) atoms. The summed E-state index contributed by atoms with van der Waals surface area (Å²) < 4.78 is 35.2. The van der Waals surface area contributed by atoms with E-state index >= 15 is 0 Å². The fraction of sp³-hybridized carbons (Fsp3) is 0.500. The molecule has 0 aliphatic heterocycles. The third kappa shape index (κ3) is 9.06. The SMILES string of the molecule is CN(CC(C)(C)NC(=O)OCc1ccccc1)C(=O)CCS(=O)(=O)O. The number of hydrogen-bond donors (Lipinski definition) is 2. The predicted octanol–water partition coefficient (Wildman–Crippen LogP) is 1.43. The van der Waals surface area contributed by atoms with E-state index < -0.39 is 33.4 Å². The lowest BCUT2D eigenvalue weighted by Crippen LogP contribution is -2.52. The predicted molar refractivity (Wildman–Crippen MR) is 92.5 cm³/mol. The van der Waals surface area contributed by atoms with Crippen molar-refractivity contribution in [2.45, 2.75) is 32.4 Å². The number of ether oxygens (including phenoxy) is 1. The number of amides is 2. The number of hydrogen-bond acceptors (Lipinski definition) is 5. The van der Waals surface area contributed by atoms with E-state index in [1.54, 1.807) is 13.8 Å². The molecule has 1 aromatic carbocycles. The van der Waals surface area contributed by atoms with E-state index in [9.17, 15) is 18.0 Å². The summed E-state index contributed by atoms with van der Waals surface area (Å²) in [5.74, 6) is -1.09. The van der Waals surface area contributed by atoms with Crippen LogP contribution in [-0.4, -0.2) is 54.8 Å². The molecule has 140 valence electrons. The van der Waals surface area contributed by atoms with Crippen molar-refractivity contribution in [2.24, 2.45) is 0 Å². The molecule has 2 amide bonds. The summed E-state index contributed by atoms with van der Waals surface area (Å²) in [6.45, 7) is 3.70. The third-order valence-corrected chi connectivity index (χ3v) is 4.01. The Balaban J connectivity index is 2.45. The molecule has 0 aliphatic carbocycles. The summed E-state index contributed by atoms with van der Waals surface area (Å²) in [5.41, 5.74) is 0.0731. The van der Waals surface area contributed by atoms with Gasteiger partial charge in [0.05, 0.1) is 11.3 Å². The molecule has 0 atom stereocenters. The summed E-state index contributed by atoms with van der Waals surface area (Å²) in [6.07, 6.45) is -0.947. The zero-order valence-electron chi connectivity index (χ0n) is 14.6. The van der Waals surface area contributed by atoms with Gasteiger partial charge in [0.1, 0.15) is 6.61 Å². The van der Waals surface area contributed by atoms with Crippen LogP contribution in [0.15, 0.2) is 30.3 Å². The molecule has 0 unspecified atom stereocenters. The number of likely N-dealkylation sites (N-methyl/N-ethyl adjacent to an activating group) is 1. The third-order valence-electron chi connectivity index (χ3n) is 3.29. The van der Waals surface area contributed by atoms with Gasteiger partial charge in [-0.05, 0) is 19.4 Å². The maximum atomic E-state index is 11.9. The molecule has 0 spiro atoms. The number of nitrogens with one attached hydrogen (secondary N) is 1. The largest absolute Gasteiger partial charge is 0.445 e. The van der Waals surface area contributed by atoms with Gasteiger partial charge in [0.2, 0.25) is 5.91 Å². The number of carbonyl (C=O) groups is 2. The standard InChI is InChI=1S/C16H24N2O6S/c1-16(2,12-18(3)14(19)9-10-25(21,22)23)17-15(20)24-11-13-7-5-4-6-8-13/h4-8H,9-12H2,1-3H3,(H,17,20)(H,21,22,23). The highest BCUT2D eigenvalue weighted by atomic mass is 32.2. The van der Waals surface area contributed by atoms with Crippen LogP contribution >= 0.6 is 0 Å². The van der Waals surface area contributed by atoms with Crippen LogP contribution in [0.2, 0.25) is 0 Å². The smallest absolute Gasteiger partial charge is 0.407 e. The van der Waals surface area contributed by atoms with Crippen LogP contribution in [0.5, 0.6) is 0 Å². The molecule has 0 heterocycles. The second-order valence-electron chi connectivity index (χ2n) is 6.36. The van der Waals surface area contributed by atoms with E-state index in [2.05, 4.69) is 5.32 Å². The molecule has 8 nitrogen and oxygen atoms in total. The summed E-state index contributed by atoms with van der Waals surface area (Å²) in [4.78, 5) is 25.1. The molecule has 0 aromatic heterocycles. The zero-order valence-corrected chi connectivity index (χ0v) is 15.4. The molecule has 0 saturated carbocycles. The van der Waals surface area contributed by atoms with Crippen LogP contribution in [-0.2, 0) is 26.3 Å². The number of benzene rings is 1. The highest BCUT2D eigenvalue weighted by Gasteiger charge is 2.25. The highest BCUT2D eigenvalue weighted by Crippen LogP contribution is 2.08. The van der Waals surface area contributed by atoms with Gasteiger partial charge in [-0.3, -0.25) is 9.35 Å². The summed E-state index contributed by atoms with van der Waals surface area (Å²) >= 11 is 0. The van der Waals surface area contributed by atoms with Crippen molar-refractivity contribution in [3.8, 4) is 0 Å². The fourth-order valence-corrected chi connectivity index (χ4v) is 2.60. The Hall–Kier alpha value is -2.13. The Labute approximate surface area is 147 Å². The van der Waals surface area contributed by atoms with Gasteiger partial charge in [-0.25, -0.2) is 4.79 Å². The molecule has 0 radical (unpaired) electrons. The van der Waals surface area contributed by atoms with E-state index in [1.165, 1.54) is 11.9 Å². The minimum absolute atomic E-state index is 0.131. The van der Waals surface area contributed by atoms with Crippen LogP contribution in [0.1, 0.15) is 25.8 Å².